The standard InChI is InChI=1S/C19H19F2NO3S/c1-11-4-7-15(8-5-11)26-13(3)19(24)25-12(2)18(23)22-17-10-14(20)6-9-16(17)21/h4-10,12-13H,1-3H3,(H,22,23)/t12-,13+/m1/s1. The van der Waals surface area contributed by atoms with Crippen LogP contribution in [0.5, 0.6) is 0 Å². The summed E-state index contributed by atoms with van der Waals surface area (Å²) in [6.45, 7) is 5.01. The first-order valence-corrected chi connectivity index (χ1v) is 8.84. The number of thioether (sulfide) groups is 1. The van der Waals surface area contributed by atoms with E-state index in [1.165, 1.54) is 18.7 Å². The molecule has 2 rings (SSSR count). The number of carbonyl (C=O) groups is 2. The van der Waals surface area contributed by atoms with Crippen molar-refractivity contribution in [2.75, 3.05) is 5.32 Å². The summed E-state index contributed by atoms with van der Waals surface area (Å²) in [4.78, 5) is 25.1. The van der Waals surface area contributed by atoms with Crippen LogP contribution in [-0.4, -0.2) is 23.2 Å². The normalized spacial score (nSPS) is 13.0. The van der Waals surface area contributed by atoms with Crippen molar-refractivity contribution < 1.29 is 23.1 Å². The summed E-state index contributed by atoms with van der Waals surface area (Å²) in [5.74, 6) is -2.77. The molecule has 1 N–H and O–H groups in total. The van der Waals surface area contributed by atoms with E-state index in [4.69, 9.17) is 4.74 Å². The maximum Gasteiger partial charge on any atom is 0.319 e. The van der Waals surface area contributed by atoms with E-state index in [0.717, 1.165) is 28.7 Å². The Morgan fingerprint density at radius 2 is 1.73 bits per heavy atom. The Bertz CT molecular complexity index is 796. The molecule has 0 unspecified atom stereocenters. The summed E-state index contributed by atoms with van der Waals surface area (Å²) in [6, 6.07) is 10.4. The average Bonchev–Trinajstić information content (AvgIpc) is 2.59. The predicted molar refractivity (Wildman–Crippen MR) is 97.0 cm³/mol. The Kier molecular flexibility index (Phi) is 6.74. The highest BCUT2D eigenvalue weighted by Crippen LogP contribution is 2.24. The van der Waals surface area contributed by atoms with Gasteiger partial charge in [-0.3, -0.25) is 9.59 Å². The second-order valence-corrected chi connectivity index (χ2v) is 7.18. The highest BCUT2D eigenvalue weighted by Gasteiger charge is 2.23. The van der Waals surface area contributed by atoms with E-state index in [1.807, 2.05) is 31.2 Å². The number of nitrogens with one attached hydrogen (secondary N) is 1. The molecule has 0 heterocycles. The highest BCUT2D eigenvalue weighted by molar-refractivity contribution is 8.00. The number of anilines is 1. The number of esters is 1. The third-order valence-corrected chi connectivity index (χ3v) is 4.60. The zero-order chi connectivity index (χ0) is 19.3. The summed E-state index contributed by atoms with van der Waals surface area (Å²) >= 11 is 1.31. The molecule has 0 aliphatic heterocycles. The molecule has 0 bridgehead atoms. The molecule has 2 atom stereocenters. The van der Waals surface area contributed by atoms with Gasteiger partial charge in [0, 0.05) is 11.0 Å². The number of aryl methyl sites for hydroxylation is 1. The van der Waals surface area contributed by atoms with Crippen LogP contribution in [0.1, 0.15) is 19.4 Å². The van der Waals surface area contributed by atoms with Crippen LogP contribution >= 0.6 is 11.8 Å². The monoisotopic (exact) mass is 379 g/mol. The Balaban J connectivity index is 1.91. The van der Waals surface area contributed by atoms with Crippen LogP contribution in [0.25, 0.3) is 0 Å². The fourth-order valence-corrected chi connectivity index (χ4v) is 2.87. The average molecular weight is 379 g/mol. The molecule has 26 heavy (non-hydrogen) atoms. The molecule has 0 fully saturated rings. The fourth-order valence-electron chi connectivity index (χ4n) is 2.02. The van der Waals surface area contributed by atoms with Crippen molar-refractivity contribution in [3.8, 4) is 0 Å². The van der Waals surface area contributed by atoms with E-state index < -0.39 is 34.9 Å². The number of halogens is 2. The van der Waals surface area contributed by atoms with Crippen LogP contribution in [0.3, 0.4) is 0 Å². The van der Waals surface area contributed by atoms with Gasteiger partial charge >= 0.3 is 5.97 Å². The van der Waals surface area contributed by atoms with Crippen LogP contribution in [0, 0.1) is 18.6 Å². The molecule has 0 saturated carbocycles. The molecule has 0 aromatic heterocycles. The van der Waals surface area contributed by atoms with E-state index in [1.54, 1.807) is 6.92 Å². The highest BCUT2D eigenvalue weighted by atomic mass is 32.2. The maximum absolute atomic E-state index is 13.6. The second kappa shape index (κ2) is 8.80. The third kappa shape index (κ3) is 5.56. The minimum Gasteiger partial charge on any atom is -0.452 e. The predicted octanol–water partition coefficient (Wildman–Crippen LogP) is 4.32. The molecule has 4 nitrogen and oxygen atoms in total. The number of hydrogen-bond donors (Lipinski definition) is 1. The van der Waals surface area contributed by atoms with Crippen LogP contribution < -0.4 is 5.32 Å². The first-order valence-electron chi connectivity index (χ1n) is 7.96. The molecule has 0 radical (unpaired) electrons. The van der Waals surface area contributed by atoms with Gasteiger partial charge in [0.25, 0.3) is 5.91 Å². The number of benzene rings is 2. The lowest BCUT2D eigenvalue weighted by atomic mass is 10.2. The lowest BCUT2D eigenvalue weighted by molar-refractivity contribution is -0.152. The number of hydrogen-bond acceptors (Lipinski definition) is 4. The van der Waals surface area contributed by atoms with E-state index in [0.29, 0.717) is 0 Å². The van der Waals surface area contributed by atoms with Crippen molar-refractivity contribution in [1.29, 1.82) is 0 Å². The SMILES string of the molecule is Cc1ccc(S[C@@H](C)C(=O)O[C@H](C)C(=O)Nc2cc(F)ccc2F)cc1. The fraction of sp³-hybridized carbons (Fsp3) is 0.263. The topological polar surface area (TPSA) is 55.4 Å². The summed E-state index contributed by atoms with van der Waals surface area (Å²) in [7, 11) is 0. The number of carbonyl (C=O) groups excluding carboxylic acids is 2. The molecule has 0 saturated heterocycles. The third-order valence-electron chi connectivity index (χ3n) is 3.51. The molecule has 1 amide bonds. The lowest BCUT2D eigenvalue weighted by Crippen LogP contribution is -2.32. The van der Waals surface area contributed by atoms with E-state index in [9.17, 15) is 18.4 Å². The van der Waals surface area contributed by atoms with E-state index in [2.05, 4.69) is 5.32 Å². The Morgan fingerprint density at radius 3 is 2.38 bits per heavy atom. The molecular weight excluding hydrogens is 360 g/mol. The zero-order valence-electron chi connectivity index (χ0n) is 14.6. The van der Waals surface area contributed by atoms with Gasteiger partial charge in [-0.25, -0.2) is 8.78 Å². The van der Waals surface area contributed by atoms with E-state index in [-0.39, 0.29) is 5.69 Å². The largest absolute Gasteiger partial charge is 0.452 e. The summed E-state index contributed by atoms with van der Waals surface area (Å²) in [5.41, 5.74) is 0.805. The van der Waals surface area contributed by atoms with Crippen molar-refractivity contribution >= 4 is 29.3 Å². The molecule has 7 heteroatoms. The molecule has 0 aliphatic carbocycles. The van der Waals surface area contributed by atoms with Gasteiger partial charge in [0.05, 0.1) is 5.69 Å². The summed E-state index contributed by atoms with van der Waals surface area (Å²) < 4.78 is 31.8. The minimum absolute atomic E-state index is 0.306. The smallest absolute Gasteiger partial charge is 0.319 e. The second-order valence-electron chi connectivity index (χ2n) is 5.77. The molecule has 2 aromatic carbocycles. The first kappa shape index (κ1) is 19.9. The number of amides is 1. The minimum atomic E-state index is -1.15. The van der Waals surface area contributed by atoms with Crippen LogP contribution in [0.2, 0.25) is 0 Å². The first-order chi connectivity index (χ1) is 12.3. The molecular formula is C19H19F2NO3S. The maximum atomic E-state index is 13.6. The number of rotatable bonds is 6. The number of ether oxygens (including phenoxy) is 1. The Hall–Kier alpha value is -2.41. The van der Waals surface area contributed by atoms with Crippen molar-refractivity contribution in [2.45, 2.75) is 37.0 Å². The van der Waals surface area contributed by atoms with Crippen LogP contribution in [0.4, 0.5) is 14.5 Å². The van der Waals surface area contributed by atoms with Gasteiger partial charge in [0.2, 0.25) is 0 Å². The van der Waals surface area contributed by atoms with Gasteiger partial charge in [-0.1, -0.05) is 17.7 Å². The van der Waals surface area contributed by atoms with Crippen molar-refractivity contribution in [1.82, 2.24) is 0 Å². The zero-order valence-corrected chi connectivity index (χ0v) is 15.4. The van der Waals surface area contributed by atoms with Gasteiger partial charge < -0.3 is 10.1 Å². The van der Waals surface area contributed by atoms with Gasteiger partial charge in [0.15, 0.2) is 6.10 Å². The van der Waals surface area contributed by atoms with Crippen LogP contribution in [-0.2, 0) is 14.3 Å². The van der Waals surface area contributed by atoms with Gasteiger partial charge in [0.1, 0.15) is 16.9 Å². The summed E-state index contributed by atoms with van der Waals surface area (Å²) in [6.07, 6.45) is -1.15. The van der Waals surface area contributed by atoms with Crippen molar-refractivity contribution in [3.05, 3.63) is 59.7 Å². The Morgan fingerprint density at radius 1 is 1.08 bits per heavy atom. The van der Waals surface area contributed by atoms with Crippen molar-refractivity contribution in [3.63, 3.8) is 0 Å². The Labute approximate surface area is 154 Å². The quantitative estimate of drug-likeness (QED) is 0.600. The van der Waals surface area contributed by atoms with Gasteiger partial charge in [-0.15, -0.1) is 11.8 Å². The lowest BCUT2D eigenvalue weighted by Gasteiger charge is -2.17. The molecule has 2 aromatic rings. The van der Waals surface area contributed by atoms with Crippen molar-refractivity contribution in [2.24, 2.45) is 0 Å². The molecule has 0 spiro atoms. The van der Waals surface area contributed by atoms with Gasteiger partial charge in [-0.05, 0) is 45.0 Å². The van der Waals surface area contributed by atoms with E-state index >= 15 is 0 Å². The summed E-state index contributed by atoms with van der Waals surface area (Å²) in [5, 5.41) is 1.68. The van der Waals surface area contributed by atoms with Gasteiger partial charge in [-0.2, -0.15) is 0 Å². The molecule has 0 aliphatic rings. The van der Waals surface area contributed by atoms with Crippen LogP contribution in [0.15, 0.2) is 47.4 Å². The molecule has 138 valence electrons.